The summed E-state index contributed by atoms with van der Waals surface area (Å²) >= 11 is 0. The fourth-order valence-electron chi connectivity index (χ4n) is 2.93. The number of amides is 2. The van der Waals surface area contributed by atoms with Crippen LogP contribution in [0.3, 0.4) is 0 Å². The van der Waals surface area contributed by atoms with Crippen LogP contribution < -0.4 is 16.0 Å². The van der Waals surface area contributed by atoms with E-state index in [0.29, 0.717) is 23.9 Å². The predicted octanol–water partition coefficient (Wildman–Crippen LogP) is 2.64. The van der Waals surface area contributed by atoms with Crippen LogP contribution in [0.1, 0.15) is 45.2 Å². The van der Waals surface area contributed by atoms with Gasteiger partial charge < -0.3 is 20.7 Å². The Morgan fingerprint density at radius 3 is 2.48 bits per heavy atom. The summed E-state index contributed by atoms with van der Waals surface area (Å²) in [7, 11) is 0. The van der Waals surface area contributed by atoms with Gasteiger partial charge in [-0.3, -0.25) is 0 Å². The van der Waals surface area contributed by atoms with Crippen LogP contribution in [0.4, 0.5) is 4.79 Å². The van der Waals surface area contributed by atoms with E-state index in [4.69, 9.17) is 4.74 Å². The molecular weight excluding hydrogens is 318 g/mol. The summed E-state index contributed by atoms with van der Waals surface area (Å²) in [4.78, 5) is 24.7. The average Bonchev–Trinajstić information content (AvgIpc) is 2.63. The summed E-state index contributed by atoms with van der Waals surface area (Å²) in [5.41, 5.74) is 1.87. The molecular formula is C19H27N3O3. The third-order valence-corrected chi connectivity index (χ3v) is 4.34. The molecule has 0 bridgehead atoms. The largest absolute Gasteiger partial charge is 0.463 e. The summed E-state index contributed by atoms with van der Waals surface area (Å²) in [6, 6.07) is 8.94. The van der Waals surface area contributed by atoms with Crippen molar-refractivity contribution in [3.63, 3.8) is 0 Å². The highest BCUT2D eigenvalue weighted by Gasteiger charge is 2.33. The van der Waals surface area contributed by atoms with Crippen molar-refractivity contribution in [1.82, 2.24) is 16.0 Å². The third-order valence-electron chi connectivity index (χ3n) is 4.34. The Morgan fingerprint density at radius 2 is 1.88 bits per heavy atom. The summed E-state index contributed by atoms with van der Waals surface area (Å²) in [6.07, 6.45) is 1.96. The van der Waals surface area contributed by atoms with Crippen molar-refractivity contribution in [3.05, 3.63) is 47.2 Å². The van der Waals surface area contributed by atoms with Crippen LogP contribution in [0.2, 0.25) is 0 Å². The summed E-state index contributed by atoms with van der Waals surface area (Å²) in [5, 5.41) is 9.01. The molecule has 0 saturated heterocycles. The van der Waals surface area contributed by atoms with Crippen LogP contribution in [-0.2, 0) is 9.53 Å². The maximum atomic E-state index is 12.6. The number of urea groups is 1. The molecule has 6 nitrogen and oxygen atoms in total. The first-order valence-electron chi connectivity index (χ1n) is 8.86. The smallest absolute Gasteiger partial charge is 0.338 e. The van der Waals surface area contributed by atoms with Crippen LogP contribution in [0, 0.1) is 0 Å². The summed E-state index contributed by atoms with van der Waals surface area (Å²) in [5.74, 6) is -0.412. The van der Waals surface area contributed by atoms with Crippen LogP contribution in [0.5, 0.6) is 0 Å². The van der Waals surface area contributed by atoms with Crippen molar-refractivity contribution in [2.24, 2.45) is 0 Å². The maximum Gasteiger partial charge on any atom is 0.338 e. The molecule has 1 aromatic carbocycles. The molecule has 0 radical (unpaired) electrons. The van der Waals surface area contributed by atoms with Crippen LogP contribution in [0.15, 0.2) is 41.6 Å². The van der Waals surface area contributed by atoms with E-state index in [-0.39, 0.29) is 12.6 Å². The number of esters is 1. The molecule has 2 amide bonds. The minimum Gasteiger partial charge on any atom is -0.463 e. The van der Waals surface area contributed by atoms with E-state index < -0.39 is 12.0 Å². The van der Waals surface area contributed by atoms with Gasteiger partial charge in [-0.15, -0.1) is 0 Å². The quantitative estimate of drug-likeness (QED) is 0.633. The number of carbonyl (C=O) groups excluding carboxylic acids is 2. The van der Waals surface area contributed by atoms with E-state index in [1.807, 2.05) is 30.3 Å². The van der Waals surface area contributed by atoms with Crippen molar-refractivity contribution in [2.75, 3.05) is 13.2 Å². The highest BCUT2D eigenvalue weighted by Crippen LogP contribution is 2.27. The number of ether oxygens (including phenoxy) is 1. The van der Waals surface area contributed by atoms with Gasteiger partial charge in [-0.05, 0) is 25.3 Å². The number of benzene rings is 1. The van der Waals surface area contributed by atoms with Gasteiger partial charge in [0.15, 0.2) is 0 Å². The van der Waals surface area contributed by atoms with Crippen LogP contribution in [-0.4, -0.2) is 31.2 Å². The second-order valence-corrected chi connectivity index (χ2v) is 5.95. The molecule has 136 valence electrons. The van der Waals surface area contributed by atoms with E-state index in [1.165, 1.54) is 0 Å². The first-order valence-corrected chi connectivity index (χ1v) is 8.86. The monoisotopic (exact) mass is 345 g/mol. The van der Waals surface area contributed by atoms with Gasteiger partial charge in [-0.25, -0.2) is 9.59 Å². The first-order chi connectivity index (χ1) is 12.1. The SMILES string of the molecule is CCOC(=O)C1=C(CNC(CC)CC)NC(=O)N[C@@H]1c1ccccc1. The van der Waals surface area contributed by atoms with Crippen LogP contribution >= 0.6 is 0 Å². The van der Waals surface area contributed by atoms with E-state index in [9.17, 15) is 9.59 Å². The number of hydrogen-bond donors (Lipinski definition) is 3. The Labute approximate surface area is 149 Å². The fraction of sp³-hybridized carbons (Fsp3) is 0.474. The Kier molecular flexibility index (Phi) is 7.01. The highest BCUT2D eigenvalue weighted by molar-refractivity contribution is 5.95. The van der Waals surface area contributed by atoms with Crippen molar-refractivity contribution < 1.29 is 14.3 Å². The lowest BCUT2D eigenvalue weighted by Crippen LogP contribution is -2.48. The molecule has 0 aromatic heterocycles. The zero-order valence-corrected chi connectivity index (χ0v) is 15.1. The van der Waals surface area contributed by atoms with E-state index in [0.717, 1.165) is 18.4 Å². The molecule has 0 aliphatic carbocycles. The second kappa shape index (κ2) is 9.22. The van der Waals surface area contributed by atoms with Gasteiger partial charge in [0, 0.05) is 18.3 Å². The standard InChI is InChI=1S/C19H27N3O3/c1-4-14(5-2)20-12-15-16(18(23)25-6-3)17(22-19(24)21-15)13-10-8-7-9-11-13/h7-11,14,17,20H,4-6,12H2,1-3H3,(H2,21,22,24)/t17-/m1/s1. The molecule has 0 spiro atoms. The first kappa shape index (κ1) is 19.0. The number of rotatable bonds is 8. The van der Waals surface area contributed by atoms with Crippen LogP contribution in [0.25, 0.3) is 0 Å². The molecule has 1 heterocycles. The number of nitrogens with one attached hydrogen (secondary N) is 3. The zero-order valence-electron chi connectivity index (χ0n) is 15.1. The Hall–Kier alpha value is -2.34. The Balaban J connectivity index is 2.38. The lowest BCUT2D eigenvalue weighted by atomic mass is 9.95. The van der Waals surface area contributed by atoms with Gasteiger partial charge in [0.1, 0.15) is 0 Å². The van der Waals surface area contributed by atoms with E-state index in [2.05, 4.69) is 29.8 Å². The molecule has 0 unspecified atom stereocenters. The van der Waals surface area contributed by atoms with Gasteiger partial charge in [0.25, 0.3) is 0 Å². The average molecular weight is 345 g/mol. The zero-order chi connectivity index (χ0) is 18.2. The minimum absolute atomic E-state index is 0.283. The van der Waals surface area contributed by atoms with Gasteiger partial charge in [-0.1, -0.05) is 44.2 Å². The molecule has 1 aromatic rings. The van der Waals surface area contributed by atoms with Crippen molar-refractivity contribution in [1.29, 1.82) is 0 Å². The fourth-order valence-corrected chi connectivity index (χ4v) is 2.93. The van der Waals surface area contributed by atoms with E-state index >= 15 is 0 Å². The molecule has 1 aliphatic rings. The molecule has 0 fully saturated rings. The summed E-state index contributed by atoms with van der Waals surface area (Å²) in [6.45, 7) is 6.68. The van der Waals surface area contributed by atoms with Crippen molar-refractivity contribution in [2.45, 2.75) is 45.7 Å². The molecule has 1 atom stereocenters. The second-order valence-electron chi connectivity index (χ2n) is 5.95. The Bertz CT molecular complexity index is 624. The van der Waals surface area contributed by atoms with Gasteiger partial charge in [0.2, 0.25) is 0 Å². The van der Waals surface area contributed by atoms with E-state index in [1.54, 1.807) is 6.92 Å². The summed E-state index contributed by atoms with van der Waals surface area (Å²) < 4.78 is 5.24. The molecule has 1 aliphatic heterocycles. The van der Waals surface area contributed by atoms with Crippen molar-refractivity contribution in [3.8, 4) is 0 Å². The molecule has 6 heteroatoms. The third kappa shape index (κ3) is 4.82. The van der Waals surface area contributed by atoms with Gasteiger partial charge in [0.05, 0.1) is 18.2 Å². The topological polar surface area (TPSA) is 79.5 Å². The normalized spacial score (nSPS) is 17.3. The lowest BCUT2D eigenvalue weighted by molar-refractivity contribution is -0.139. The molecule has 25 heavy (non-hydrogen) atoms. The molecule has 0 saturated carbocycles. The maximum absolute atomic E-state index is 12.6. The minimum atomic E-state index is -0.521. The molecule has 2 rings (SSSR count). The number of carbonyl (C=O) groups is 2. The molecule has 3 N–H and O–H groups in total. The lowest BCUT2D eigenvalue weighted by Gasteiger charge is -2.30. The van der Waals surface area contributed by atoms with Crippen molar-refractivity contribution >= 4 is 12.0 Å². The Morgan fingerprint density at radius 1 is 1.20 bits per heavy atom. The van der Waals surface area contributed by atoms with Gasteiger partial charge in [-0.2, -0.15) is 0 Å². The highest BCUT2D eigenvalue weighted by atomic mass is 16.5. The van der Waals surface area contributed by atoms with Gasteiger partial charge >= 0.3 is 12.0 Å². The predicted molar refractivity (Wildman–Crippen MR) is 96.9 cm³/mol. The number of hydrogen-bond acceptors (Lipinski definition) is 4.